The largest absolute Gasteiger partial charge is 0.438 e. The Morgan fingerprint density at radius 1 is 1.00 bits per heavy atom. The number of rotatable bonds is 4. The van der Waals surface area contributed by atoms with Crippen LogP contribution in [0.1, 0.15) is 71.1 Å². The van der Waals surface area contributed by atoms with Gasteiger partial charge in [0.25, 0.3) is 5.91 Å². The predicted octanol–water partition coefficient (Wildman–Crippen LogP) is 5.48. The van der Waals surface area contributed by atoms with E-state index in [4.69, 9.17) is 14.7 Å². The first-order valence-corrected chi connectivity index (χ1v) is 12.0. The molecule has 5 nitrogen and oxygen atoms in total. The van der Waals surface area contributed by atoms with E-state index in [1.807, 2.05) is 40.5 Å². The highest BCUT2D eigenvalue weighted by atomic mass is 32.1. The fourth-order valence-corrected chi connectivity index (χ4v) is 5.88. The van der Waals surface area contributed by atoms with Crippen LogP contribution in [0.4, 0.5) is 0 Å². The van der Waals surface area contributed by atoms with Gasteiger partial charge in [0.2, 0.25) is 5.88 Å². The van der Waals surface area contributed by atoms with Gasteiger partial charge in [-0.15, -0.1) is 11.3 Å². The second-order valence-electron chi connectivity index (χ2n) is 8.68. The summed E-state index contributed by atoms with van der Waals surface area (Å²) in [6.07, 6.45) is 9.24. The number of likely N-dealkylation sites (tertiary alicyclic amines) is 1. The van der Waals surface area contributed by atoms with E-state index in [-0.39, 0.29) is 5.91 Å². The van der Waals surface area contributed by atoms with Crippen LogP contribution < -0.4 is 4.74 Å². The summed E-state index contributed by atoms with van der Waals surface area (Å²) in [7, 11) is 0. The Labute approximate surface area is 180 Å². The molecule has 0 atom stereocenters. The first-order chi connectivity index (χ1) is 14.8. The lowest BCUT2D eigenvalue weighted by molar-refractivity contribution is 0.0793. The van der Waals surface area contributed by atoms with E-state index in [2.05, 4.69) is 0 Å². The van der Waals surface area contributed by atoms with Crippen LogP contribution in [0.2, 0.25) is 0 Å². The van der Waals surface area contributed by atoms with Crippen molar-refractivity contribution in [3.8, 4) is 11.6 Å². The molecular formula is C24H25N3O2S. The average molecular weight is 420 g/mol. The standard InChI is InChI=1S/C24H25N3O2S/c28-24(27-13-3-4-14-27)16-9-11-17(12-10-16)29-22-20-18-5-1-2-6-19(18)30-23(20)26-21(25-22)15-7-8-15/h9-12,15H,1-8,13-14H2. The number of nitrogens with zero attached hydrogens (tertiary/aromatic N) is 3. The van der Waals surface area contributed by atoms with Crippen molar-refractivity contribution < 1.29 is 9.53 Å². The maximum absolute atomic E-state index is 12.6. The maximum Gasteiger partial charge on any atom is 0.253 e. The Bertz CT molecular complexity index is 1110. The molecule has 3 aliphatic rings. The van der Waals surface area contributed by atoms with Crippen molar-refractivity contribution in [1.82, 2.24) is 14.9 Å². The Hall–Kier alpha value is -2.47. The lowest BCUT2D eigenvalue weighted by atomic mass is 9.97. The summed E-state index contributed by atoms with van der Waals surface area (Å²) in [6.45, 7) is 1.73. The molecule has 30 heavy (non-hydrogen) atoms. The first-order valence-electron chi connectivity index (χ1n) is 11.2. The van der Waals surface area contributed by atoms with Gasteiger partial charge in [0.15, 0.2) is 0 Å². The second-order valence-corrected chi connectivity index (χ2v) is 9.76. The van der Waals surface area contributed by atoms with E-state index in [1.54, 1.807) is 0 Å². The number of hydrogen-bond donors (Lipinski definition) is 0. The highest BCUT2D eigenvalue weighted by molar-refractivity contribution is 7.18. The molecule has 6 rings (SSSR count). The van der Waals surface area contributed by atoms with Gasteiger partial charge in [0.1, 0.15) is 16.4 Å². The van der Waals surface area contributed by atoms with Crippen molar-refractivity contribution in [1.29, 1.82) is 0 Å². The number of carbonyl (C=O) groups excluding carboxylic acids is 1. The Kier molecular flexibility index (Phi) is 4.48. The third-order valence-corrected chi connectivity index (χ3v) is 7.64. The highest BCUT2D eigenvalue weighted by Crippen LogP contribution is 2.44. The van der Waals surface area contributed by atoms with Crippen LogP contribution in [0.5, 0.6) is 11.6 Å². The molecule has 0 bridgehead atoms. The van der Waals surface area contributed by atoms with Gasteiger partial charge in [0.05, 0.1) is 5.39 Å². The smallest absolute Gasteiger partial charge is 0.253 e. The number of hydrogen-bond acceptors (Lipinski definition) is 5. The van der Waals surface area contributed by atoms with Crippen LogP contribution in [0.3, 0.4) is 0 Å². The van der Waals surface area contributed by atoms with Gasteiger partial charge in [-0.25, -0.2) is 4.98 Å². The van der Waals surface area contributed by atoms with E-state index in [9.17, 15) is 4.79 Å². The molecule has 0 radical (unpaired) electrons. The first kappa shape index (κ1) is 18.3. The molecule has 3 heterocycles. The molecule has 0 N–H and O–H groups in total. The third-order valence-electron chi connectivity index (χ3n) is 6.45. The number of benzene rings is 1. The molecule has 2 aliphatic carbocycles. The molecule has 6 heteroatoms. The fourth-order valence-electron chi connectivity index (χ4n) is 4.62. The SMILES string of the molecule is O=C(c1ccc(Oc2nc(C3CC3)nc3sc4c(c23)CCCC4)cc1)N1CCCC1. The summed E-state index contributed by atoms with van der Waals surface area (Å²) in [5.41, 5.74) is 2.11. The average Bonchev–Trinajstić information content (AvgIpc) is 3.34. The zero-order valence-corrected chi connectivity index (χ0v) is 17.8. The van der Waals surface area contributed by atoms with Gasteiger partial charge in [-0.1, -0.05) is 0 Å². The number of carbonyl (C=O) groups is 1. The van der Waals surface area contributed by atoms with Crippen molar-refractivity contribution >= 4 is 27.5 Å². The number of aryl methyl sites for hydroxylation is 2. The Morgan fingerprint density at radius 2 is 1.77 bits per heavy atom. The molecule has 1 saturated heterocycles. The van der Waals surface area contributed by atoms with E-state index < -0.39 is 0 Å². The fraction of sp³-hybridized carbons (Fsp3) is 0.458. The van der Waals surface area contributed by atoms with Crippen molar-refractivity contribution in [2.75, 3.05) is 13.1 Å². The minimum atomic E-state index is 0.117. The van der Waals surface area contributed by atoms with Crippen LogP contribution in [0.25, 0.3) is 10.2 Å². The number of amides is 1. The zero-order chi connectivity index (χ0) is 20.1. The molecule has 2 fully saturated rings. The minimum Gasteiger partial charge on any atom is -0.438 e. The lowest BCUT2D eigenvalue weighted by Crippen LogP contribution is -2.27. The maximum atomic E-state index is 12.6. The van der Waals surface area contributed by atoms with Gasteiger partial charge in [0, 0.05) is 29.4 Å². The molecule has 1 amide bonds. The van der Waals surface area contributed by atoms with Crippen molar-refractivity contribution in [2.24, 2.45) is 0 Å². The quantitative estimate of drug-likeness (QED) is 0.562. The molecule has 2 aromatic heterocycles. The zero-order valence-electron chi connectivity index (χ0n) is 17.0. The summed E-state index contributed by atoms with van der Waals surface area (Å²) in [4.78, 5) is 26.8. The van der Waals surface area contributed by atoms with Crippen molar-refractivity contribution in [3.63, 3.8) is 0 Å². The molecule has 0 unspecified atom stereocenters. The summed E-state index contributed by atoms with van der Waals surface area (Å²) in [6, 6.07) is 7.54. The molecule has 3 aromatic rings. The second kappa shape index (κ2) is 7.34. The third kappa shape index (κ3) is 3.27. The van der Waals surface area contributed by atoms with Crippen molar-refractivity contribution in [3.05, 3.63) is 46.1 Å². The highest BCUT2D eigenvalue weighted by Gasteiger charge is 2.30. The normalized spacial score (nSPS) is 18.6. The number of fused-ring (bicyclic) bond motifs is 3. The van der Waals surface area contributed by atoms with Gasteiger partial charge < -0.3 is 9.64 Å². The molecule has 1 aliphatic heterocycles. The predicted molar refractivity (Wildman–Crippen MR) is 118 cm³/mol. The van der Waals surface area contributed by atoms with Crippen LogP contribution in [0, 0.1) is 0 Å². The van der Waals surface area contributed by atoms with Crippen LogP contribution in [-0.4, -0.2) is 33.9 Å². The molecular weight excluding hydrogens is 394 g/mol. The van der Waals surface area contributed by atoms with E-state index in [1.165, 1.54) is 36.1 Å². The summed E-state index contributed by atoms with van der Waals surface area (Å²) in [5, 5.41) is 1.11. The van der Waals surface area contributed by atoms with Crippen LogP contribution >= 0.6 is 11.3 Å². The van der Waals surface area contributed by atoms with Gasteiger partial charge in [-0.2, -0.15) is 4.98 Å². The van der Waals surface area contributed by atoms with Gasteiger partial charge in [-0.05, 0) is 81.2 Å². The summed E-state index contributed by atoms with van der Waals surface area (Å²) < 4.78 is 6.33. The van der Waals surface area contributed by atoms with E-state index >= 15 is 0 Å². The Morgan fingerprint density at radius 3 is 2.53 bits per heavy atom. The van der Waals surface area contributed by atoms with E-state index in [0.29, 0.717) is 11.8 Å². The number of thiophene rings is 1. The molecule has 154 valence electrons. The van der Waals surface area contributed by atoms with Crippen molar-refractivity contribution in [2.45, 2.75) is 57.3 Å². The van der Waals surface area contributed by atoms with E-state index in [0.717, 1.165) is 66.1 Å². The number of aromatic nitrogens is 2. The topological polar surface area (TPSA) is 55.3 Å². The summed E-state index contributed by atoms with van der Waals surface area (Å²) in [5.74, 6) is 2.95. The van der Waals surface area contributed by atoms with Crippen LogP contribution in [0.15, 0.2) is 24.3 Å². The number of ether oxygens (including phenoxy) is 1. The minimum absolute atomic E-state index is 0.117. The van der Waals surface area contributed by atoms with Gasteiger partial charge >= 0.3 is 0 Å². The molecule has 0 spiro atoms. The summed E-state index contributed by atoms with van der Waals surface area (Å²) >= 11 is 1.82. The monoisotopic (exact) mass is 419 g/mol. The van der Waals surface area contributed by atoms with Crippen LogP contribution in [-0.2, 0) is 12.8 Å². The molecule has 1 aromatic carbocycles. The molecule has 1 saturated carbocycles. The lowest BCUT2D eigenvalue weighted by Gasteiger charge is -2.15. The van der Waals surface area contributed by atoms with Gasteiger partial charge in [-0.3, -0.25) is 4.79 Å². The Balaban J connectivity index is 1.33.